The Kier molecular flexibility index (Phi) is 9.54. The van der Waals surface area contributed by atoms with E-state index in [2.05, 4.69) is 0 Å². The van der Waals surface area contributed by atoms with Gasteiger partial charge in [0.1, 0.15) is 12.2 Å². The predicted octanol–water partition coefficient (Wildman–Crippen LogP) is 2.18. The molecule has 7 nitrogen and oxygen atoms in total. The van der Waals surface area contributed by atoms with E-state index in [4.69, 9.17) is 18.9 Å². The van der Waals surface area contributed by atoms with Crippen molar-refractivity contribution in [1.82, 2.24) is 0 Å². The molecule has 7 heteroatoms. The van der Waals surface area contributed by atoms with Gasteiger partial charge in [0.15, 0.2) is 0 Å². The second-order valence-electron chi connectivity index (χ2n) is 6.39. The highest BCUT2D eigenvalue weighted by atomic mass is 16.6. The van der Waals surface area contributed by atoms with Crippen molar-refractivity contribution in [3.8, 4) is 0 Å². The molecular weight excluding hydrogens is 340 g/mol. The van der Waals surface area contributed by atoms with Crippen molar-refractivity contribution in [2.75, 3.05) is 33.0 Å². The smallest absolute Gasteiger partial charge is 0.379 e. The zero-order valence-electron chi connectivity index (χ0n) is 15.5. The molecule has 0 aliphatic heterocycles. The third kappa shape index (κ3) is 9.90. The van der Waals surface area contributed by atoms with Crippen LogP contribution in [-0.4, -0.2) is 56.4 Å². The highest BCUT2D eigenvalue weighted by Crippen LogP contribution is 2.08. The van der Waals surface area contributed by atoms with Crippen molar-refractivity contribution < 1.29 is 33.3 Å². The number of benzene rings is 1. The molecule has 0 radical (unpaired) electrons. The van der Waals surface area contributed by atoms with Crippen LogP contribution < -0.4 is 0 Å². The van der Waals surface area contributed by atoms with Crippen LogP contribution in [0.1, 0.15) is 37.6 Å². The minimum Gasteiger partial charge on any atom is -0.460 e. The molecule has 0 bridgehead atoms. The highest BCUT2D eigenvalue weighted by Gasteiger charge is 2.17. The molecular formula is C19H26O7. The summed E-state index contributed by atoms with van der Waals surface area (Å²) < 4.78 is 20.5. The number of ketones is 1. The largest absolute Gasteiger partial charge is 0.460 e. The molecule has 0 aromatic heterocycles. The number of rotatable bonds is 11. The molecule has 0 heterocycles. The molecule has 0 aliphatic rings. The average Bonchev–Trinajstić information content (AvgIpc) is 2.58. The molecule has 0 N–H and O–H groups in total. The van der Waals surface area contributed by atoms with Gasteiger partial charge in [-0.25, -0.2) is 4.79 Å². The van der Waals surface area contributed by atoms with Crippen LogP contribution in [0.25, 0.3) is 0 Å². The van der Waals surface area contributed by atoms with Gasteiger partial charge < -0.3 is 18.9 Å². The van der Waals surface area contributed by atoms with E-state index < -0.39 is 17.4 Å². The van der Waals surface area contributed by atoms with Crippen molar-refractivity contribution in [3.05, 3.63) is 35.9 Å². The number of hydrogen-bond acceptors (Lipinski definition) is 7. The monoisotopic (exact) mass is 366 g/mol. The van der Waals surface area contributed by atoms with E-state index in [0.717, 1.165) is 0 Å². The van der Waals surface area contributed by atoms with E-state index in [0.29, 0.717) is 13.2 Å². The van der Waals surface area contributed by atoms with Crippen LogP contribution in [0.15, 0.2) is 30.3 Å². The van der Waals surface area contributed by atoms with Crippen LogP contribution in [0.3, 0.4) is 0 Å². The maximum atomic E-state index is 11.8. The van der Waals surface area contributed by atoms with Gasteiger partial charge in [-0.15, -0.1) is 0 Å². The molecule has 0 aliphatic carbocycles. The summed E-state index contributed by atoms with van der Waals surface area (Å²) in [6, 6.07) is 8.20. The SMILES string of the molecule is CC(C)(C)OC(=O)CCOCCOCCOC(=O)C(=O)c1ccccc1. The Morgan fingerprint density at radius 2 is 1.42 bits per heavy atom. The van der Waals surface area contributed by atoms with Crippen LogP contribution >= 0.6 is 0 Å². The Hall–Kier alpha value is -2.25. The standard InChI is InChI=1S/C19H26O7/c1-19(2,3)26-16(20)9-10-23-11-12-24-13-14-25-18(22)17(21)15-7-5-4-6-8-15/h4-8H,9-14H2,1-3H3. The zero-order chi connectivity index (χ0) is 19.4. The Labute approximate surface area is 153 Å². The van der Waals surface area contributed by atoms with Gasteiger partial charge in [0.25, 0.3) is 5.78 Å². The normalized spacial score (nSPS) is 11.0. The lowest BCUT2D eigenvalue weighted by Crippen LogP contribution is -2.24. The fourth-order valence-electron chi connectivity index (χ4n) is 1.84. The average molecular weight is 366 g/mol. The molecule has 1 aromatic rings. The summed E-state index contributed by atoms with van der Waals surface area (Å²) in [5, 5.41) is 0. The Morgan fingerprint density at radius 1 is 0.846 bits per heavy atom. The van der Waals surface area contributed by atoms with Crippen LogP contribution in [0.5, 0.6) is 0 Å². The van der Waals surface area contributed by atoms with Gasteiger partial charge in [0, 0.05) is 5.56 Å². The van der Waals surface area contributed by atoms with Crippen molar-refractivity contribution in [3.63, 3.8) is 0 Å². The van der Waals surface area contributed by atoms with E-state index >= 15 is 0 Å². The number of carbonyl (C=O) groups excluding carboxylic acids is 3. The maximum absolute atomic E-state index is 11.8. The molecule has 26 heavy (non-hydrogen) atoms. The minimum absolute atomic E-state index is 0.0185. The molecule has 0 fully saturated rings. The maximum Gasteiger partial charge on any atom is 0.379 e. The van der Waals surface area contributed by atoms with E-state index in [1.165, 1.54) is 0 Å². The summed E-state index contributed by atoms with van der Waals surface area (Å²) in [4.78, 5) is 34.8. The van der Waals surface area contributed by atoms with Crippen LogP contribution in [-0.2, 0) is 28.5 Å². The predicted molar refractivity (Wildman–Crippen MR) is 93.8 cm³/mol. The number of hydrogen-bond donors (Lipinski definition) is 0. The molecule has 1 rings (SSSR count). The van der Waals surface area contributed by atoms with Crippen LogP contribution in [0.2, 0.25) is 0 Å². The quantitative estimate of drug-likeness (QED) is 0.257. The van der Waals surface area contributed by atoms with Gasteiger partial charge in [0.05, 0.1) is 32.8 Å². The molecule has 1 aromatic carbocycles. The summed E-state index contributed by atoms with van der Waals surface area (Å²) in [5.41, 5.74) is -0.212. The Morgan fingerprint density at radius 3 is 2.04 bits per heavy atom. The highest BCUT2D eigenvalue weighted by molar-refractivity contribution is 6.40. The third-order valence-corrected chi connectivity index (χ3v) is 2.92. The van der Waals surface area contributed by atoms with Gasteiger partial charge in [-0.2, -0.15) is 0 Å². The number of Topliss-reactive ketones (excluding diaryl/α,β-unsaturated/α-hetero) is 1. The third-order valence-electron chi connectivity index (χ3n) is 2.92. The minimum atomic E-state index is -0.909. The van der Waals surface area contributed by atoms with Crippen molar-refractivity contribution in [2.45, 2.75) is 32.8 Å². The summed E-state index contributed by atoms with van der Waals surface area (Å²) in [6.45, 7) is 6.40. The first-order valence-electron chi connectivity index (χ1n) is 8.43. The summed E-state index contributed by atoms with van der Waals surface area (Å²) in [7, 11) is 0. The van der Waals surface area contributed by atoms with Crippen molar-refractivity contribution in [1.29, 1.82) is 0 Å². The summed E-state index contributed by atoms with van der Waals surface area (Å²) >= 11 is 0. The van der Waals surface area contributed by atoms with E-state index in [-0.39, 0.29) is 37.8 Å². The first kappa shape index (κ1) is 21.8. The van der Waals surface area contributed by atoms with E-state index in [1.807, 2.05) is 0 Å². The zero-order valence-corrected chi connectivity index (χ0v) is 15.5. The molecule has 144 valence electrons. The first-order valence-corrected chi connectivity index (χ1v) is 8.43. The topological polar surface area (TPSA) is 88.1 Å². The fraction of sp³-hybridized carbons (Fsp3) is 0.526. The van der Waals surface area contributed by atoms with Crippen molar-refractivity contribution in [2.24, 2.45) is 0 Å². The Bertz CT molecular complexity index is 575. The van der Waals surface area contributed by atoms with E-state index in [1.54, 1.807) is 51.1 Å². The van der Waals surface area contributed by atoms with Crippen LogP contribution in [0.4, 0.5) is 0 Å². The first-order chi connectivity index (χ1) is 12.3. The molecule has 0 unspecified atom stereocenters. The summed E-state index contributed by atoms with van der Waals surface area (Å²) in [6.07, 6.45) is 0.177. The van der Waals surface area contributed by atoms with Crippen molar-refractivity contribution >= 4 is 17.7 Å². The van der Waals surface area contributed by atoms with Crippen LogP contribution in [0, 0.1) is 0 Å². The molecule has 0 saturated heterocycles. The van der Waals surface area contributed by atoms with E-state index in [9.17, 15) is 14.4 Å². The number of esters is 2. The lowest BCUT2D eigenvalue weighted by Gasteiger charge is -2.19. The fourth-order valence-corrected chi connectivity index (χ4v) is 1.84. The number of ether oxygens (including phenoxy) is 4. The second-order valence-corrected chi connectivity index (χ2v) is 6.39. The van der Waals surface area contributed by atoms with Gasteiger partial charge in [0.2, 0.25) is 0 Å². The Balaban J connectivity index is 2.00. The molecule has 0 saturated carbocycles. The van der Waals surface area contributed by atoms with Gasteiger partial charge in [-0.05, 0) is 20.8 Å². The van der Waals surface area contributed by atoms with Gasteiger partial charge in [-0.3, -0.25) is 9.59 Å². The van der Waals surface area contributed by atoms with Gasteiger partial charge in [-0.1, -0.05) is 30.3 Å². The molecule has 0 spiro atoms. The summed E-state index contributed by atoms with van der Waals surface area (Å²) in [5.74, 6) is -1.90. The lowest BCUT2D eigenvalue weighted by atomic mass is 10.1. The molecule has 0 atom stereocenters. The second kappa shape index (κ2) is 11.4. The van der Waals surface area contributed by atoms with Gasteiger partial charge >= 0.3 is 11.9 Å². The number of carbonyl (C=O) groups is 3. The molecule has 0 amide bonds. The lowest BCUT2D eigenvalue weighted by molar-refractivity contribution is -0.156.